The molecular weight excluding hydrogens is 434 g/mol. The minimum Gasteiger partial charge on any atom is -0.480 e. The lowest BCUT2D eigenvalue weighted by molar-refractivity contribution is -0.143. The number of aromatic nitrogens is 1. The van der Waals surface area contributed by atoms with Gasteiger partial charge in [-0.05, 0) is 48.7 Å². The van der Waals surface area contributed by atoms with Crippen molar-refractivity contribution in [3.8, 4) is 0 Å². The first-order valence-corrected chi connectivity index (χ1v) is 10.5. The van der Waals surface area contributed by atoms with Gasteiger partial charge in [0.1, 0.15) is 6.54 Å². The van der Waals surface area contributed by atoms with Crippen LogP contribution in [-0.4, -0.2) is 45.2 Å². The van der Waals surface area contributed by atoms with E-state index in [1.807, 2.05) is 18.2 Å². The number of hydrogen-bond donors (Lipinski definition) is 1. The second-order valence-electron chi connectivity index (χ2n) is 8.10. The highest BCUT2D eigenvalue weighted by atomic mass is 35.5. The highest BCUT2D eigenvalue weighted by molar-refractivity contribution is 6.32. The van der Waals surface area contributed by atoms with E-state index in [2.05, 4.69) is 4.98 Å². The summed E-state index contributed by atoms with van der Waals surface area (Å²) in [7, 11) is 0. The first-order valence-electron chi connectivity index (χ1n) is 10.1. The molecule has 1 aromatic heterocycles. The van der Waals surface area contributed by atoms with Crippen LogP contribution in [0.2, 0.25) is 5.02 Å². The van der Waals surface area contributed by atoms with Crippen molar-refractivity contribution in [2.24, 2.45) is 0 Å². The molecule has 1 aromatic carbocycles. The van der Waals surface area contributed by atoms with E-state index in [4.69, 9.17) is 11.6 Å². The zero-order valence-electron chi connectivity index (χ0n) is 16.9. The summed E-state index contributed by atoms with van der Waals surface area (Å²) in [5.74, 6) is -3.14. The highest BCUT2D eigenvalue weighted by Gasteiger charge is 2.64. The van der Waals surface area contributed by atoms with Crippen LogP contribution in [0.4, 0.5) is 5.69 Å². The molecule has 0 bridgehead atoms. The number of hydrogen-bond acceptors (Lipinski definition) is 5. The minimum absolute atomic E-state index is 0.0668. The van der Waals surface area contributed by atoms with Crippen LogP contribution in [0.1, 0.15) is 35.4 Å². The van der Waals surface area contributed by atoms with Crippen LogP contribution >= 0.6 is 11.6 Å². The topological polar surface area (TPSA) is 108 Å². The van der Waals surface area contributed by atoms with Gasteiger partial charge in [0, 0.05) is 16.3 Å². The Labute approximate surface area is 188 Å². The van der Waals surface area contributed by atoms with Crippen molar-refractivity contribution in [3.63, 3.8) is 0 Å². The quantitative estimate of drug-likeness (QED) is 0.564. The van der Waals surface area contributed by atoms with Gasteiger partial charge in [-0.15, -0.1) is 0 Å². The van der Waals surface area contributed by atoms with Gasteiger partial charge in [-0.2, -0.15) is 0 Å². The maximum Gasteiger partial charge on any atom is 0.323 e. The molecule has 8 nitrogen and oxygen atoms in total. The summed E-state index contributed by atoms with van der Waals surface area (Å²) >= 11 is 6.13. The molecule has 162 valence electrons. The van der Waals surface area contributed by atoms with E-state index in [1.165, 1.54) is 18.2 Å². The number of nitrogens with zero attached hydrogens (tertiary/aromatic N) is 3. The third-order valence-electron chi connectivity index (χ3n) is 6.19. The average molecular weight is 452 g/mol. The molecule has 1 aliphatic carbocycles. The van der Waals surface area contributed by atoms with Crippen molar-refractivity contribution >= 4 is 47.1 Å². The summed E-state index contributed by atoms with van der Waals surface area (Å²) in [6, 6.07) is 8.21. The first kappa shape index (κ1) is 20.4. The number of carbonyl (C=O) groups is 4. The number of rotatable bonds is 4. The third kappa shape index (κ3) is 2.94. The number of amides is 3. The number of imide groups is 1. The molecule has 9 heteroatoms. The minimum atomic E-state index is -1.80. The fraction of sp³-hybridized carbons (Fsp3) is 0.261. The largest absolute Gasteiger partial charge is 0.480 e. The van der Waals surface area contributed by atoms with Crippen molar-refractivity contribution < 1.29 is 24.3 Å². The summed E-state index contributed by atoms with van der Waals surface area (Å²) in [4.78, 5) is 57.9. The molecule has 0 saturated carbocycles. The number of anilines is 1. The number of benzene rings is 1. The monoisotopic (exact) mass is 451 g/mol. The van der Waals surface area contributed by atoms with Crippen LogP contribution in [0, 0.1) is 0 Å². The SMILES string of the molecule is O=C(O)CN1C(=O)C2(CC(=O)N(Cc3ccc4c(n3)C=CCC4)C2=O)c2cc(Cl)ccc21. The van der Waals surface area contributed by atoms with Crippen LogP contribution in [0.15, 0.2) is 36.4 Å². The van der Waals surface area contributed by atoms with E-state index in [1.54, 1.807) is 6.07 Å². The normalized spacial score (nSPS) is 21.5. The Morgan fingerprint density at radius 3 is 2.69 bits per heavy atom. The Balaban J connectivity index is 1.53. The van der Waals surface area contributed by atoms with E-state index in [0.717, 1.165) is 33.9 Å². The number of carboxylic acids is 1. The Hall–Kier alpha value is -3.52. The molecule has 1 fully saturated rings. The van der Waals surface area contributed by atoms with E-state index >= 15 is 0 Å². The molecule has 32 heavy (non-hydrogen) atoms. The van der Waals surface area contributed by atoms with E-state index in [0.29, 0.717) is 5.69 Å². The molecule has 0 radical (unpaired) electrons. The van der Waals surface area contributed by atoms with E-state index in [-0.39, 0.29) is 29.2 Å². The van der Waals surface area contributed by atoms with Crippen LogP contribution < -0.4 is 4.90 Å². The van der Waals surface area contributed by atoms with Crippen molar-refractivity contribution in [1.82, 2.24) is 9.88 Å². The van der Waals surface area contributed by atoms with Crippen LogP contribution in [0.5, 0.6) is 0 Å². The summed E-state index contributed by atoms with van der Waals surface area (Å²) in [5.41, 5.74) is 1.18. The summed E-state index contributed by atoms with van der Waals surface area (Å²) in [6.07, 6.45) is 5.39. The van der Waals surface area contributed by atoms with Gasteiger partial charge in [-0.3, -0.25) is 34.0 Å². The fourth-order valence-corrected chi connectivity index (χ4v) is 4.87. The molecule has 1 unspecified atom stereocenters. The number of pyridine rings is 1. The van der Waals surface area contributed by atoms with E-state index in [9.17, 15) is 24.3 Å². The smallest absolute Gasteiger partial charge is 0.323 e. The number of aliphatic carboxylic acids is 1. The summed E-state index contributed by atoms with van der Waals surface area (Å²) in [5, 5.41) is 9.56. The molecule has 1 N–H and O–H groups in total. The van der Waals surface area contributed by atoms with Crippen LogP contribution in [-0.2, 0) is 37.6 Å². The number of fused-ring (bicyclic) bond motifs is 3. The molecule has 3 heterocycles. The molecule has 1 saturated heterocycles. The number of likely N-dealkylation sites (tertiary alicyclic amines) is 1. The molecule has 5 rings (SSSR count). The average Bonchev–Trinajstić information content (AvgIpc) is 3.14. The number of carbonyl (C=O) groups excluding carboxylic acids is 3. The van der Waals surface area contributed by atoms with Crippen molar-refractivity contribution in [3.05, 3.63) is 63.9 Å². The van der Waals surface area contributed by atoms with Gasteiger partial charge in [0.25, 0.3) is 0 Å². The molecule has 3 aliphatic rings. The summed E-state index contributed by atoms with van der Waals surface area (Å²) < 4.78 is 0. The molecular formula is C23H18ClN3O5. The van der Waals surface area contributed by atoms with Gasteiger partial charge in [0.2, 0.25) is 17.7 Å². The van der Waals surface area contributed by atoms with Gasteiger partial charge in [-0.1, -0.05) is 23.7 Å². The standard InChI is InChI=1S/C23H18ClN3O5/c24-14-6-8-18-16(9-14)23(21(31)26(18)12-20(29)30)10-19(28)27(22(23)32)11-15-7-5-13-3-1-2-4-17(13)25-15/h2,4-9H,1,3,10-12H2,(H,29,30). The second kappa shape index (κ2) is 7.27. The van der Waals surface area contributed by atoms with Crippen molar-refractivity contribution in [1.29, 1.82) is 0 Å². The third-order valence-corrected chi connectivity index (χ3v) is 6.42. The zero-order valence-corrected chi connectivity index (χ0v) is 17.6. The number of allylic oxidation sites excluding steroid dienone is 1. The molecule has 3 amide bonds. The molecule has 2 aliphatic heterocycles. The summed E-state index contributed by atoms with van der Waals surface area (Å²) in [6.45, 7) is -0.682. The van der Waals surface area contributed by atoms with Crippen molar-refractivity contribution in [2.45, 2.75) is 31.2 Å². The Bertz CT molecular complexity index is 1240. The fourth-order valence-electron chi connectivity index (χ4n) is 4.70. The van der Waals surface area contributed by atoms with Crippen LogP contribution in [0.3, 0.4) is 0 Å². The van der Waals surface area contributed by atoms with Crippen LogP contribution in [0.25, 0.3) is 6.08 Å². The molecule has 2 aromatic rings. The molecule has 1 atom stereocenters. The van der Waals surface area contributed by atoms with Gasteiger partial charge < -0.3 is 5.11 Å². The highest BCUT2D eigenvalue weighted by Crippen LogP contribution is 2.49. The zero-order chi connectivity index (χ0) is 22.6. The second-order valence-corrected chi connectivity index (χ2v) is 8.54. The maximum absolute atomic E-state index is 13.6. The Morgan fingerprint density at radius 1 is 1.12 bits per heavy atom. The lowest BCUT2D eigenvalue weighted by atomic mass is 9.80. The maximum atomic E-state index is 13.6. The van der Waals surface area contributed by atoms with Gasteiger partial charge >= 0.3 is 5.97 Å². The number of halogens is 1. The van der Waals surface area contributed by atoms with Gasteiger partial charge in [0.05, 0.1) is 24.4 Å². The molecule has 1 spiro atoms. The number of carboxylic acid groups (broad SMARTS) is 1. The van der Waals surface area contributed by atoms with E-state index < -0.39 is 35.7 Å². The van der Waals surface area contributed by atoms with Gasteiger partial charge in [0.15, 0.2) is 5.41 Å². The Kier molecular flexibility index (Phi) is 4.63. The predicted molar refractivity (Wildman–Crippen MR) is 115 cm³/mol. The lowest BCUT2D eigenvalue weighted by Gasteiger charge is -2.22. The predicted octanol–water partition coefficient (Wildman–Crippen LogP) is 2.32. The first-order chi connectivity index (χ1) is 15.3. The number of aryl methyl sites for hydroxylation is 1. The van der Waals surface area contributed by atoms with Gasteiger partial charge in [-0.25, -0.2) is 0 Å². The van der Waals surface area contributed by atoms with Crippen molar-refractivity contribution in [2.75, 3.05) is 11.4 Å². The Morgan fingerprint density at radius 2 is 1.91 bits per heavy atom. The lowest BCUT2D eigenvalue weighted by Crippen LogP contribution is -2.47.